The lowest BCUT2D eigenvalue weighted by molar-refractivity contribution is -0.148. The summed E-state index contributed by atoms with van der Waals surface area (Å²) in [6, 6.07) is -0.981. The van der Waals surface area contributed by atoms with Crippen molar-refractivity contribution >= 4 is 17.8 Å². The quantitative estimate of drug-likeness (QED) is 0.735. The number of esters is 1. The number of hydrogen-bond acceptors (Lipinski definition) is 4. The fraction of sp³-hybridized carbons (Fsp3) is 0.400. The van der Waals surface area contributed by atoms with E-state index >= 15 is 0 Å². The molecule has 24 heavy (non-hydrogen) atoms. The lowest BCUT2D eigenvalue weighted by Crippen LogP contribution is -2.43. The minimum absolute atomic E-state index is 0.0965. The van der Waals surface area contributed by atoms with Crippen LogP contribution >= 0.6 is 0 Å². The third kappa shape index (κ3) is 4.97. The van der Waals surface area contributed by atoms with E-state index in [2.05, 4.69) is 0 Å². The van der Waals surface area contributed by atoms with Gasteiger partial charge in [-0.25, -0.2) is 18.0 Å². The van der Waals surface area contributed by atoms with Crippen molar-refractivity contribution in [3.63, 3.8) is 0 Å². The van der Waals surface area contributed by atoms with Crippen molar-refractivity contribution in [2.24, 2.45) is 5.92 Å². The molecule has 0 aromatic heterocycles. The maximum atomic E-state index is 13.5. The lowest BCUT2D eigenvalue weighted by Gasteiger charge is -2.18. The van der Waals surface area contributed by atoms with Crippen LogP contribution in [0.15, 0.2) is 12.1 Å². The van der Waals surface area contributed by atoms with Crippen LogP contribution < -0.4 is 5.32 Å². The highest BCUT2D eigenvalue weighted by molar-refractivity contribution is 5.97. The zero-order chi connectivity index (χ0) is 18.4. The summed E-state index contributed by atoms with van der Waals surface area (Å²) < 4.78 is 44.6. The number of carbonyl (C=O) groups is 3. The van der Waals surface area contributed by atoms with Crippen LogP contribution in [0.4, 0.5) is 13.2 Å². The van der Waals surface area contributed by atoms with Crippen LogP contribution in [-0.2, 0) is 14.3 Å². The molecule has 0 saturated carbocycles. The van der Waals surface area contributed by atoms with E-state index in [9.17, 15) is 27.6 Å². The van der Waals surface area contributed by atoms with Gasteiger partial charge < -0.3 is 15.2 Å². The van der Waals surface area contributed by atoms with Crippen molar-refractivity contribution in [3.05, 3.63) is 35.1 Å². The Labute approximate surface area is 135 Å². The Morgan fingerprint density at radius 3 is 2.21 bits per heavy atom. The second kappa shape index (κ2) is 8.32. The van der Waals surface area contributed by atoms with Crippen LogP contribution in [0.25, 0.3) is 0 Å². The van der Waals surface area contributed by atoms with Crippen molar-refractivity contribution < 1.29 is 37.4 Å². The second-order valence-corrected chi connectivity index (χ2v) is 5.00. The molecule has 0 heterocycles. The van der Waals surface area contributed by atoms with E-state index in [1.807, 2.05) is 5.32 Å². The van der Waals surface area contributed by atoms with E-state index in [4.69, 9.17) is 9.84 Å². The molecular weight excluding hydrogens is 331 g/mol. The summed E-state index contributed by atoms with van der Waals surface area (Å²) in [5.41, 5.74) is -1.11. The number of carboxylic acids is 1. The van der Waals surface area contributed by atoms with Gasteiger partial charge in [-0.2, -0.15) is 0 Å². The summed E-state index contributed by atoms with van der Waals surface area (Å²) in [5, 5.41) is 11.0. The minimum Gasteiger partial charge on any atom is -0.480 e. The molecule has 132 valence electrons. The van der Waals surface area contributed by atoms with Gasteiger partial charge in [-0.15, -0.1) is 0 Å². The topological polar surface area (TPSA) is 92.7 Å². The van der Waals surface area contributed by atoms with Crippen molar-refractivity contribution in [2.45, 2.75) is 26.3 Å². The highest BCUT2D eigenvalue weighted by atomic mass is 19.1. The SMILES string of the molecule is CCOC(=O)[C@@H](C)C[C@H](NC(=O)c1c(F)cc(F)cc1F)C(=O)O. The van der Waals surface area contributed by atoms with Gasteiger partial charge in [0.2, 0.25) is 0 Å². The third-order valence-corrected chi connectivity index (χ3v) is 3.12. The molecule has 9 heteroatoms. The first-order valence-corrected chi connectivity index (χ1v) is 7.02. The first-order valence-electron chi connectivity index (χ1n) is 7.02. The van der Waals surface area contributed by atoms with Gasteiger partial charge in [0.15, 0.2) is 0 Å². The molecule has 0 aliphatic carbocycles. The normalized spacial score (nSPS) is 13.0. The van der Waals surface area contributed by atoms with Crippen molar-refractivity contribution in [3.8, 4) is 0 Å². The maximum Gasteiger partial charge on any atom is 0.326 e. The maximum absolute atomic E-state index is 13.5. The van der Waals surface area contributed by atoms with Crippen molar-refractivity contribution in [1.29, 1.82) is 0 Å². The molecule has 1 amide bonds. The van der Waals surface area contributed by atoms with E-state index in [0.717, 1.165) is 0 Å². The fourth-order valence-electron chi connectivity index (χ4n) is 1.95. The molecule has 6 nitrogen and oxygen atoms in total. The van der Waals surface area contributed by atoms with Gasteiger partial charge in [-0.3, -0.25) is 9.59 Å². The zero-order valence-corrected chi connectivity index (χ0v) is 12.9. The van der Waals surface area contributed by atoms with Gasteiger partial charge in [-0.05, 0) is 13.3 Å². The molecular formula is C15H16F3NO5. The largest absolute Gasteiger partial charge is 0.480 e. The monoisotopic (exact) mass is 347 g/mol. The second-order valence-electron chi connectivity index (χ2n) is 5.00. The Morgan fingerprint density at radius 2 is 1.75 bits per heavy atom. The summed E-state index contributed by atoms with van der Waals surface area (Å²) in [7, 11) is 0. The lowest BCUT2D eigenvalue weighted by atomic mass is 10.0. The van der Waals surface area contributed by atoms with Crippen molar-refractivity contribution in [2.75, 3.05) is 6.61 Å². The van der Waals surface area contributed by atoms with Gasteiger partial charge in [0, 0.05) is 12.1 Å². The molecule has 1 aromatic rings. The highest BCUT2D eigenvalue weighted by Gasteiger charge is 2.29. The van der Waals surface area contributed by atoms with Gasteiger partial charge in [0.1, 0.15) is 29.1 Å². The Bertz CT molecular complexity index is 627. The molecule has 2 atom stereocenters. The predicted octanol–water partition coefficient (Wildman–Crippen LogP) is 1.88. The predicted molar refractivity (Wildman–Crippen MR) is 75.6 cm³/mol. The van der Waals surface area contributed by atoms with Gasteiger partial charge in [-0.1, -0.05) is 6.92 Å². The Hall–Kier alpha value is -2.58. The molecule has 1 rings (SSSR count). The van der Waals surface area contributed by atoms with E-state index in [1.54, 1.807) is 6.92 Å². The molecule has 0 radical (unpaired) electrons. The van der Waals surface area contributed by atoms with Crippen LogP contribution in [0.5, 0.6) is 0 Å². The summed E-state index contributed by atoms with van der Waals surface area (Å²) in [6.07, 6.45) is -0.343. The number of ether oxygens (including phenoxy) is 1. The van der Waals surface area contributed by atoms with Gasteiger partial charge in [0.25, 0.3) is 5.91 Å². The average Bonchev–Trinajstić information content (AvgIpc) is 2.45. The summed E-state index contributed by atoms with van der Waals surface area (Å²) in [5.74, 6) is -8.55. The first-order chi connectivity index (χ1) is 11.2. The zero-order valence-electron chi connectivity index (χ0n) is 12.9. The number of hydrogen-bond donors (Lipinski definition) is 2. The molecule has 0 saturated heterocycles. The Kier molecular flexibility index (Phi) is 6.75. The van der Waals surface area contributed by atoms with Crippen LogP contribution in [0.3, 0.4) is 0 Å². The van der Waals surface area contributed by atoms with E-state index < -0.39 is 52.8 Å². The van der Waals surface area contributed by atoms with Gasteiger partial charge >= 0.3 is 11.9 Å². The summed E-state index contributed by atoms with van der Waals surface area (Å²) >= 11 is 0. The molecule has 1 aromatic carbocycles. The summed E-state index contributed by atoms with van der Waals surface area (Å²) in [4.78, 5) is 34.6. The van der Waals surface area contributed by atoms with E-state index in [1.165, 1.54) is 6.92 Å². The molecule has 0 aliphatic rings. The minimum atomic E-state index is -1.58. The number of carboxylic acid groups (broad SMARTS) is 1. The Balaban J connectivity index is 2.92. The molecule has 0 aliphatic heterocycles. The Morgan fingerprint density at radius 1 is 1.21 bits per heavy atom. The number of amides is 1. The third-order valence-electron chi connectivity index (χ3n) is 3.12. The van der Waals surface area contributed by atoms with E-state index in [0.29, 0.717) is 12.1 Å². The van der Waals surface area contributed by atoms with Crippen LogP contribution in [0.2, 0.25) is 0 Å². The van der Waals surface area contributed by atoms with E-state index in [-0.39, 0.29) is 13.0 Å². The van der Waals surface area contributed by atoms with Crippen molar-refractivity contribution in [1.82, 2.24) is 5.32 Å². The number of aliphatic carboxylic acids is 1. The molecule has 2 N–H and O–H groups in total. The standard InChI is InChI=1S/C15H16F3NO5/c1-3-24-15(23)7(2)4-11(14(21)22)19-13(20)12-9(17)5-8(16)6-10(12)18/h5-7,11H,3-4H2,1-2H3,(H,19,20)(H,21,22)/t7-,11-/m0/s1. The molecule has 0 fully saturated rings. The van der Waals surface area contributed by atoms with Crippen LogP contribution in [0, 0.1) is 23.4 Å². The smallest absolute Gasteiger partial charge is 0.326 e. The number of benzene rings is 1. The molecule has 0 spiro atoms. The van der Waals surface area contributed by atoms with Crippen LogP contribution in [0.1, 0.15) is 30.6 Å². The molecule has 0 bridgehead atoms. The van der Waals surface area contributed by atoms with Crippen LogP contribution in [-0.4, -0.2) is 35.6 Å². The number of rotatable bonds is 7. The first kappa shape index (κ1) is 19.5. The highest BCUT2D eigenvalue weighted by Crippen LogP contribution is 2.16. The fourth-order valence-corrected chi connectivity index (χ4v) is 1.95. The average molecular weight is 347 g/mol. The molecule has 0 unspecified atom stereocenters. The van der Waals surface area contributed by atoms with Gasteiger partial charge in [0.05, 0.1) is 12.5 Å². The number of carbonyl (C=O) groups excluding carboxylic acids is 2. The number of halogens is 3. The number of nitrogens with one attached hydrogen (secondary N) is 1. The summed E-state index contributed by atoms with van der Waals surface area (Å²) in [6.45, 7) is 3.06.